The van der Waals surface area contributed by atoms with Crippen LogP contribution in [0.5, 0.6) is 5.75 Å². The number of benzene rings is 1. The number of methoxy groups -OCH3 is 1. The lowest BCUT2D eigenvalue weighted by molar-refractivity contribution is -0.119. The van der Waals surface area contributed by atoms with Crippen LogP contribution in [-0.4, -0.2) is 13.0 Å². The number of carbonyl (C=O) groups is 1. The first-order chi connectivity index (χ1) is 8.63. The van der Waals surface area contributed by atoms with Gasteiger partial charge in [-0.3, -0.25) is 4.79 Å². The topological polar surface area (TPSA) is 62.1 Å². The highest BCUT2D eigenvalue weighted by Gasteiger charge is 2.16. The Morgan fingerprint density at radius 1 is 1.56 bits per heavy atom. The SMILES string of the molecule is CCCC(C)C(=O)Nc1c(C#N)cccc1OC. The number of para-hydroxylation sites is 1. The summed E-state index contributed by atoms with van der Waals surface area (Å²) in [5.74, 6) is 0.343. The summed E-state index contributed by atoms with van der Waals surface area (Å²) >= 11 is 0. The van der Waals surface area contributed by atoms with E-state index in [2.05, 4.69) is 11.4 Å². The molecule has 18 heavy (non-hydrogen) atoms. The fraction of sp³-hybridized carbons (Fsp3) is 0.429. The van der Waals surface area contributed by atoms with Gasteiger partial charge in [-0.1, -0.05) is 26.3 Å². The van der Waals surface area contributed by atoms with Crippen molar-refractivity contribution in [1.29, 1.82) is 5.26 Å². The van der Waals surface area contributed by atoms with E-state index in [0.29, 0.717) is 17.0 Å². The highest BCUT2D eigenvalue weighted by molar-refractivity contribution is 5.95. The first-order valence-corrected chi connectivity index (χ1v) is 6.02. The quantitative estimate of drug-likeness (QED) is 0.868. The molecule has 1 N–H and O–H groups in total. The van der Waals surface area contributed by atoms with Crippen molar-refractivity contribution in [3.05, 3.63) is 23.8 Å². The van der Waals surface area contributed by atoms with Crippen molar-refractivity contribution < 1.29 is 9.53 Å². The number of carbonyl (C=O) groups excluding carboxylic acids is 1. The largest absolute Gasteiger partial charge is 0.495 e. The van der Waals surface area contributed by atoms with Crippen molar-refractivity contribution in [2.45, 2.75) is 26.7 Å². The predicted molar refractivity (Wildman–Crippen MR) is 70.4 cm³/mol. The third-order valence-corrected chi connectivity index (χ3v) is 2.78. The molecule has 0 fully saturated rings. The summed E-state index contributed by atoms with van der Waals surface area (Å²) in [5, 5.41) is 11.8. The molecule has 1 rings (SSSR count). The van der Waals surface area contributed by atoms with Crippen LogP contribution in [0.25, 0.3) is 0 Å². The molecule has 0 spiro atoms. The molecule has 0 aromatic heterocycles. The number of hydrogen-bond acceptors (Lipinski definition) is 3. The molecule has 1 amide bonds. The minimum absolute atomic E-state index is 0.0774. The first-order valence-electron chi connectivity index (χ1n) is 6.02. The second-order valence-corrected chi connectivity index (χ2v) is 4.17. The van der Waals surface area contributed by atoms with Gasteiger partial charge in [-0.2, -0.15) is 5.26 Å². The van der Waals surface area contributed by atoms with Crippen LogP contribution < -0.4 is 10.1 Å². The standard InChI is InChI=1S/C14H18N2O2/c1-4-6-10(2)14(17)16-13-11(9-15)7-5-8-12(13)18-3/h5,7-8,10H,4,6H2,1-3H3,(H,16,17). The van der Waals surface area contributed by atoms with E-state index in [4.69, 9.17) is 10.00 Å². The number of amides is 1. The average Bonchev–Trinajstić information content (AvgIpc) is 2.39. The molecule has 1 atom stereocenters. The van der Waals surface area contributed by atoms with Gasteiger partial charge in [0.15, 0.2) is 0 Å². The molecule has 0 aliphatic carbocycles. The summed E-state index contributed by atoms with van der Waals surface area (Å²) in [6, 6.07) is 7.16. The third-order valence-electron chi connectivity index (χ3n) is 2.78. The maximum atomic E-state index is 12.0. The Bertz CT molecular complexity index is 463. The summed E-state index contributed by atoms with van der Waals surface area (Å²) in [7, 11) is 1.52. The molecule has 0 saturated carbocycles. The average molecular weight is 246 g/mol. The van der Waals surface area contributed by atoms with Crippen molar-refractivity contribution in [1.82, 2.24) is 0 Å². The van der Waals surface area contributed by atoms with E-state index in [0.717, 1.165) is 12.8 Å². The maximum absolute atomic E-state index is 12.0. The van der Waals surface area contributed by atoms with Gasteiger partial charge in [0, 0.05) is 5.92 Å². The van der Waals surface area contributed by atoms with E-state index in [1.165, 1.54) is 7.11 Å². The van der Waals surface area contributed by atoms with Gasteiger partial charge in [-0.15, -0.1) is 0 Å². The summed E-state index contributed by atoms with van der Waals surface area (Å²) in [6.45, 7) is 3.91. The van der Waals surface area contributed by atoms with Crippen molar-refractivity contribution in [3.63, 3.8) is 0 Å². The molecule has 1 unspecified atom stereocenters. The molecule has 0 saturated heterocycles. The third kappa shape index (κ3) is 3.24. The van der Waals surface area contributed by atoms with Crippen molar-refractivity contribution >= 4 is 11.6 Å². The first kappa shape index (κ1) is 14.0. The van der Waals surface area contributed by atoms with Gasteiger partial charge >= 0.3 is 0 Å². The molecule has 1 aromatic carbocycles. The second-order valence-electron chi connectivity index (χ2n) is 4.17. The van der Waals surface area contributed by atoms with Crippen molar-refractivity contribution in [3.8, 4) is 11.8 Å². The molecule has 4 heteroatoms. The van der Waals surface area contributed by atoms with E-state index in [1.54, 1.807) is 18.2 Å². The minimum atomic E-state index is -0.0853. The van der Waals surface area contributed by atoms with E-state index in [-0.39, 0.29) is 11.8 Å². The number of ether oxygens (including phenoxy) is 1. The van der Waals surface area contributed by atoms with E-state index in [1.807, 2.05) is 13.8 Å². The van der Waals surface area contributed by atoms with Crippen molar-refractivity contribution in [2.75, 3.05) is 12.4 Å². The van der Waals surface area contributed by atoms with Crippen LogP contribution in [0, 0.1) is 17.2 Å². The van der Waals surface area contributed by atoms with Crippen LogP contribution in [0.1, 0.15) is 32.3 Å². The second kappa shape index (κ2) is 6.65. The molecule has 0 aliphatic rings. The highest BCUT2D eigenvalue weighted by Crippen LogP contribution is 2.28. The van der Waals surface area contributed by atoms with E-state index in [9.17, 15) is 4.79 Å². The zero-order chi connectivity index (χ0) is 13.5. The van der Waals surface area contributed by atoms with Crippen LogP contribution in [0.4, 0.5) is 5.69 Å². The molecule has 0 radical (unpaired) electrons. The summed E-state index contributed by atoms with van der Waals surface area (Å²) < 4.78 is 5.16. The monoisotopic (exact) mass is 246 g/mol. The number of nitrogens with one attached hydrogen (secondary N) is 1. The molecular weight excluding hydrogens is 228 g/mol. The molecule has 1 aromatic rings. The summed E-state index contributed by atoms with van der Waals surface area (Å²) in [6.07, 6.45) is 1.77. The fourth-order valence-corrected chi connectivity index (χ4v) is 1.73. The van der Waals surface area contributed by atoms with Crippen LogP contribution in [0.2, 0.25) is 0 Å². The van der Waals surface area contributed by atoms with Crippen LogP contribution in [0.15, 0.2) is 18.2 Å². The number of nitrogens with zero attached hydrogens (tertiary/aromatic N) is 1. The zero-order valence-corrected chi connectivity index (χ0v) is 11.0. The predicted octanol–water partition coefficient (Wildman–Crippen LogP) is 2.94. The van der Waals surface area contributed by atoms with Gasteiger partial charge in [0.25, 0.3) is 0 Å². The van der Waals surface area contributed by atoms with Gasteiger partial charge in [-0.05, 0) is 18.6 Å². The molecule has 4 nitrogen and oxygen atoms in total. The fourth-order valence-electron chi connectivity index (χ4n) is 1.73. The van der Waals surface area contributed by atoms with Crippen LogP contribution in [-0.2, 0) is 4.79 Å². The number of hydrogen-bond donors (Lipinski definition) is 1. The number of rotatable bonds is 5. The Morgan fingerprint density at radius 3 is 2.83 bits per heavy atom. The summed E-state index contributed by atoms with van der Waals surface area (Å²) in [4.78, 5) is 12.0. The van der Waals surface area contributed by atoms with Gasteiger partial charge in [0.05, 0.1) is 12.7 Å². The Kier molecular flexibility index (Phi) is 5.19. The Balaban J connectivity index is 2.96. The lowest BCUT2D eigenvalue weighted by Gasteiger charge is -2.14. The number of nitriles is 1. The van der Waals surface area contributed by atoms with Gasteiger partial charge in [0.2, 0.25) is 5.91 Å². The Labute approximate surface area is 108 Å². The van der Waals surface area contributed by atoms with Gasteiger partial charge in [-0.25, -0.2) is 0 Å². The smallest absolute Gasteiger partial charge is 0.227 e. The summed E-state index contributed by atoms with van der Waals surface area (Å²) in [5.41, 5.74) is 0.863. The molecule has 0 heterocycles. The Morgan fingerprint density at radius 2 is 2.28 bits per heavy atom. The van der Waals surface area contributed by atoms with Crippen LogP contribution >= 0.6 is 0 Å². The molecule has 0 bridgehead atoms. The Hall–Kier alpha value is -2.02. The normalized spacial score (nSPS) is 11.4. The lowest BCUT2D eigenvalue weighted by Crippen LogP contribution is -2.21. The number of anilines is 1. The van der Waals surface area contributed by atoms with Gasteiger partial charge < -0.3 is 10.1 Å². The van der Waals surface area contributed by atoms with E-state index >= 15 is 0 Å². The highest BCUT2D eigenvalue weighted by atomic mass is 16.5. The molecular formula is C14H18N2O2. The lowest BCUT2D eigenvalue weighted by atomic mass is 10.0. The molecule has 96 valence electrons. The van der Waals surface area contributed by atoms with Crippen molar-refractivity contribution in [2.24, 2.45) is 5.92 Å². The van der Waals surface area contributed by atoms with E-state index < -0.39 is 0 Å². The molecule has 0 aliphatic heterocycles. The maximum Gasteiger partial charge on any atom is 0.227 e. The van der Waals surface area contributed by atoms with Gasteiger partial charge in [0.1, 0.15) is 17.5 Å². The van der Waals surface area contributed by atoms with Crippen LogP contribution in [0.3, 0.4) is 0 Å². The zero-order valence-electron chi connectivity index (χ0n) is 11.0. The minimum Gasteiger partial charge on any atom is -0.495 e.